The summed E-state index contributed by atoms with van der Waals surface area (Å²) >= 11 is 0. The Hall–Kier alpha value is -0.860. The van der Waals surface area contributed by atoms with Gasteiger partial charge in [-0.05, 0) is 36.9 Å². The highest BCUT2D eigenvalue weighted by Gasteiger charge is 2.30. The fourth-order valence-electron chi connectivity index (χ4n) is 2.73. The largest absolute Gasteiger partial charge is 0.372 e. The van der Waals surface area contributed by atoms with Crippen LogP contribution in [0.5, 0.6) is 0 Å². The van der Waals surface area contributed by atoms with Crippen LogP contribution in [0.3, 0.4) is 0 Å². The minimum Gasteiger partial charge on any atom is -0.372 e. The van der Waals surface area contributed by atoms with Gasteiger partial charge in [0, 0.05) is 6.04 Å². The summed E-state index contributed by atoms with van der Waals surface area (Å²) in [4.78, 5) is 0. The lowest BCUT2D eigenvalue weighted by Gasteiger charge is -2.30. The van der Waals surface area contributed by atoms with E-state index in [-0.39, 0.29) is 6.10 Å². The number of ether oxygens (including phenoxy) is 1. The van der Waals surface area contributed by atoms with Gasteiger partial charge in [-0.2, -0.15) is 0 Å². The van der Waals surface area contributed by atoms with Crippen molar-refractivity contribution in [3.63, 3.8) is 0 Å². The zero-order valence-electron chi connectivity index (χ0n) is 8.91. The number of nitrogens with one attached hydrogen (secondary N) is 1. The van der Waals surface area contributed by atoms with E-state index in [2.05, 4.69) is 29.6 Å². The average molecular weight is 203 g/mol. The maximum atomic E-state index is 5.93. The molecule has 0 spiro atoms. The molecule has 0 radical (unpaired) electrons. The first kappa shape index (κ1) is 9.37. The van der Waals surface area contributed by atoms with Crippen molar-refractivity contribution in [2.75, 3.05) is 13.2 Å². The van der Waals surface area contributed by atoms with Gasteiger partial charge in [0.25, 0.3) is 0 Å². The monoisotopic (exact) mass is 203 g/mol. The number of hydrogen-bond donors (Lipinski definition) is 1. The first-order chi connectivity index (χ1) is 7.45. The lowest BCUT2D eigenvalue weighted by atomic mass is 9.93. The predicted octanol–water partition coefficient (Wildman–Crippen LogP) is 2.05. The van der Waals surface area contributed by atoms with Crippen LogP contribution in [-0.2, 0) is 11.2 Å². The van der Waals surface area contributed by atoms with Gasteiger partial charge in [-0.15, -0.1) is 0 Å². The van der Waals surface area contributed by atoms with Crippen molar-refractivity contribution >= 4 is 0 Å². The third-order valence-corrected chi connectivity index (χ3v) is 3.49. The molecule has 15 heavy (non-hydrogen) atoms. The molecule has 2 heterocycles. The van der Waals surface area contributed by atoms with E-state index in [1.165, 1.54) is 24.0 Å². The van der Waals surface area contributed by atoms with Gasteiger partial charge in [0.05, 0.1) is 12.7 Å². The normalized spacial score (nSPS) is 30.1. The van der Waals surface area contributed by atoms with Crippen molar-refractivity contribution in [1.29, 1.82) is 0 Å². The first-order valence-corrected chi connectivity index (χ1v) is 5.88. The molecular formula is C13H17NO. The van der Waals surface area contributed by atoms with Crippen LogP contribution < -0.4 is 5.32 Å². The highest BCUT2D eigenvalue weighted by Crippen LogP contribution is 2.32. The smallest absolute Gasteiger partial charge is 0.0980 e. The summed E-state index contributed by atoms with van der Waals surface area (Å²) in [5.74, 6) is 0. The quantitative estimate of drug-likeness (QED) is 0.754. The van der Waals surface area contributed by atoms with Crippen molar-refractivity contribution in [3.8, 4) is 0 Å². The zero-order chi connectivity index (χ0) is 10.1. The molecule has 2 aliphatic heterocycles. The van der Waals surface area contributed by atoms with Crippen LogP contribution in [0.25, 0.3) is 0 Å². The van der Waals surface area contributed by atoms with Crippen LogP contribution in [0.1, 0.15) is 30.1 Å². The van der Waals surface area contributed by atoms with Gasteiger partial charge in [-0.25, -0.2) is 0 Å². The highest BCUT2D eigenvalue weighted by molar-refractivity contribution is 5.32. The molecule has 1 fully saturated rings. The van der Waals surface area contributed by atoms with E-state index in [4.69, 9.17) is 4.74 Å². The molecule has 1 aromatic rings. The Bertz CT molecular complexity index is 344. The molecule has 0 aliphatic carbocycles. The molecule has 3 rings (SSSR count). The molecule has 2 atom stereocenters. The number of benzene rings is 1. The SMILES string of the molecule is c1ccc2c(c1)CCO[C@@H]2C1CCCN1. The minimum absolute atomic E-state index is 0.289. The first-order valence-electron chi connectivity index (χ1n) is 5.88. The van der Waals surface area contributed by atoms with Crippen LogP contribution in [-0.4, -0.2) is 19.2 Å². The number of rotatable bonds is 1. The minimum atomic E-state index is 0.289. The van der Waals surface area contributed by atoms with E-state index in [1.807, 2.05) is 0 Å². The van der Waals surface area contributed by atoms with Gasteiger partial charge in [0.15, 0.2) is 0 Å². The average Bonchev–Trinajstić information content (AvgIpc) is 2.82. The molecule has 80 valence electrons. The second kappa shape index (κ2) is 3.95. The maximum absolute atomic E-state index is 5.93. The van der Waals surface area contributed by atoms with Crippen LogP contribution in [0.4, 0.5) is 0 Å². The number of hydrogen-bond acceptors (Lipinski definition) is 2. The van der Waals surface area contributed by atoms with Crippen molar-refractivity contribution in [1.82, 2.24) is 5.32 Å². The third kappa shape index (κ3) is 1.68. The van der Waals surface area contributed by atoms with Crippen molar-refractivity contribution in [3.05, 3.63) is 35.4 Å². The van der Waals surface area contributed by atoms with E-state index >= 15 is 0 Å². The van der Waals surface area contributed by atoms with Crippen LogP contribution in [0, 0.1) is 0 Å². The molecule has 1 aromatic carbocycles. The molecule has 0 amide bonds. The lowest BCUT2D eigenvalue weighted by Crippen LogP contribution is -2.33. The Balaban J connectivity index is 1.91. The summed E-state index contributed by atoms with van der Waals surface area (Å²) in [6.45, 7) is 2.02. The highest BCUT2D eigenvalue weighted by atomic mass is 16.5. The Morgan fingerprint density at radius 1 is 1.27 bits per heavy atom. The van der Waals surface area contributed by atoms with E-state index in [0.29, 0.717) is 6.04 Å². The molecular weight excluding hydrogens is 186 g/mol. The molecule has 1 unspecified atom stereocenters. The fraction of sp³-hybridized carbons (Fsp3) is 0.538. The summed E-state index contributed by atoms with van der Waals surface area (Å²) < 4.78 is 5.93. The summed E-state index contributed by atoms with van der Waals surface area (Å²) in [6.07, 6.45) is 3.89. The molecule has 0 bridgehead atoms. The Morgan fingerprint density at radius 2 is 2.20 bits per heavy atom. The second-order valence-electron chi connectivity index (χ2n) is 4.44. The predicted molar refractivity (Wildman–Crippen MR) is 59.9 cm³/mol. The van der Waals surface area contributed by atoms with E-state index < -0.39 is 0 Å². The summed E-state index contributed by atoms with van der Waals surface area (Å²) in [6, 6.07) is 9.24. The van der Waals surface area contributed by atoms with Crippen LogP contribution >= 0.6 is 0 Å². The van der Waals surface area contributed by atoms with Crippen molar-refractivity contribution in [2.45, 2.75) is 31.4 Å². The van der Waals surface area contributed by atoms with Crippen LogP contribution in [0.15, 0.2) is 24.3 Å². The standard InChI is InChI=1S/C13H17NO/c1-2-5-11-10(4-1)7-9-15-13(11)12-6-3-8-14-12/h1-2,4-5,12-14H,3,6-9H2/t12?,13-/m0/s1. The summed E-state index contributed by atoms with van der Waals surface area (Å²) in [5, 5.41) is 3.54. The van der Waals surface area contributed by atoms with Gasteiger partial charge in [-0.1, -0.05) is 24.3 Å². The van der Waals surface area contributed by atoms with Gasteiger partial charge in [0.1, 0.15) is 0 Å². The second-order valence-corrected chi connectivity index (χ2v) is 4.44. The van der Waals surface area contributed by atoms with Gasteiger partial charge in [-0.3, -0.25) is 0 Å². The molecule has 2 nitrogen and oxygen atoms in total. The number of fused-ring (bicyclic) bond motifs is 1. The van der Waals surface area contributed by atoms with Gasteiger partial charge >= 0.3 is 0 Å². The van der Waals surface area contributed by atoms with E-state index in [9.17, 15) is 0 Å². The van der Waals surface area contributed by atoms with Crippen LogP contribution in [0.2, 0.25) is 0 Å². The van der Waals surface area contributed by atoms with Crippen molar-refractivity contribution < 1.29 is 4.74 Å². The Morgan fingerprint density at radius 3 is 3.07 bits per heavy atom. The Labute approximate surface area is 90.6 Å². The summed E-state index contributed by atoms with van der Waals surface area (Å²) in [5.41, 5.74) is 2.88. The summed E-state index contributed by atoms with van der Waals surface area (Å²) in [7, 11) is 0. The Kier molecular flexibility index (Phi) is 2.47. The van der Waals surface area contributed by atoms with E-state index in [1.54, 1.807) is 0 Å². The molecule has 0 aromatic heterocycles. The van der Waals surface area contributed by atoms with E-state index in [0.717, 1.165) is 19.6 Å². The zero-order valence-corrected chi connectivity index (χ0v) is 8.91. The van der Waals surface area contributed by atoms with Gasteiger partial charge < -0.3 is 10.1 Å². The molecule has 2 heteroatoms. The third-order valence-electron chi connectivity index (χ3n) is 3.49. The molecule has 1 saturated heterocycles. The lowest BCUT2D eigenvalue weighted by molar-refractivity contribution is 0.0199. The maximum Gasteiger partial charge on any atom is 0.0980 e. The topological polar surface area (TPSA) is 21.3 Å². The van der Waals surface area contributed by atoms with Crippen molar-refractivity contribution in [2.24, 2.45) is 0 Å². The van der Waals surface area contributed by atoms with Gasteiger partial charge in [0.2, 0.25) is 0 Å². The molecule has 0 saturated carbocycles. The molecule has 2 aliphatic rings. The molecule has 1 N–H and O–H groups in total. The fourth-order valence-corrected chi connectivity index (χ4v) is 2.73.